The molecule has 0 radical (unpaired) electrons. The summed E-state index contributed by atoms with van der Waals surface area (Å²) >= 11 is 0. The summed E-state index contributed by atoms with van der Waals surface area (Å²) in [6.45, 7) is 4.71. The lowest BCUT2D eigenvalue weighted by atomic mass is 10.3. The highest BCUT2D eigenvalue weighted by Gasteiger charge is 2.11. The number of rotatable bonds is 4. The number of nitrogens with one attached hydrogen (secondary N) is 1. The van der Waals surface area contributed by atoms with Gasteiger partial charge in [0.1, 0.15) is 5.69 Å². The van der Waals surface area contributed by atoms with Crippen molar-refractivity contribution >= 4 is 5.91 Å². The van der Waals surface area contributed by atoms with Crippen LogP contribution in [0.25, 0.3) is 0 Å². The molecular formula is C12H16N2O. The number of hydrogen-bond donors (Lipinski definition) is 1. The molecule has 1 amide bonds. The summed E-state index contributed by atoms with van der Waals surface area (Å²) in [5.74, 6) is 2.36. The maximum Gasteiger partial charge on any atom is 0.268 e. The topological polar surface area (TPSA) is 34.0 Å². The van der Waals surface area contributed by atoms with E-state index in [1.807, 2.05) is 16.8 Å². The van der Waals surface area contributed by atoms with E-state index in [1.165, 1.54) is 0 Å². The Kier molecular flexibility index (Phi) is 3.99. The highest BCUT2D eigenvalue weighted by molar-refractivity contribution is 5.93. The molecule has 0 saturated carbocycles. The van der Waals surface area contributed by atoms with Gasteiger partial charge in [0.2, 0.25) is 0 Å². The highest BCUT2D eigenvalue weighted by atomic mass is 16.2. The molecule has 0 saturated heterocycles. The predicted octanol–water partition coefficient (Wildman–Crippen LogP) is 1.65. The Morgan fingerprint density at radius 1 is 1.73 bits per heavy atom. The molecule has 0 fully saturated rings. The predicted molar refractivity (Wildman–Crippen MR) is 60.5 cm³/mol. The molecule has 3 nitrogen and oxygen atoms in total. The van der Waals surface area contributed by atoms with Gasteiger partial charge in [-0.25, -0.2) is 0 Å². The van der Waals surface area contributed by atoms with E-state index in [1.54, 1.807) is 13.0 Å². The van der Waals surface area contributed by atoms with Crippen LogP contribution < -0.4 is 5.32 Å². The lowest BCUT2D eigenvalue weighted by molar-refractivity contribution is 0.0938. The minimum Gasteiger partial charge on any atom is -0.344 e. The molecule has 0 spiro atoms. The van der Waals surface area contributed by atoms with Crippen molar-refractivity contribution in [3.8, 4) is 12.3 Å². The standard InChI is InChI=1S/C12H16N2O/c1-4-8-14-9-6-7-11(14)12(15)13-10(3)5-2/h2,6-7,9-10H,4,8H2,1,3H3,(H,13,15). The Labute approximate surface area is 90.5 Å². The van der Waals surface area contributed by atoms with Crippen LogP contribution in [0.5, 0.6) is 0 Å². The molecule has 15 heavy (non-hydrogen) atoms. The van der Waals surface area contributed by atoms with Crippen molar-refractivity contribution in [2.24, 2.45) is 0 Å². The minimum atomic E-state index is -0.234. The van der Waals surface area contributed by atoms with E-state index in [9.17, 15) is 4.79 Å². The summed E-state index contributed by atoms with van der Waals surface area (Å²) in [5, 5.41) is 2.73. The van der Waals surface area contributed by atoms with Crippen LogP contribution in [0, 0.1) is 12.3 Å². The van der Waals surface area contributed by atoms with Gasteiger partial charge >= 0.3 is 0 Å². The van der Waals surface area contributed by atoms with Gasteiger partial charge in [0.15, 0.2) is 0 Å². The average molecular weight is 204 g/mol. The number of carbonyl (C=O) groups is 1. The molecule has 1 unspecified atom stereocenters. The molecule has 1 heterocycles. The molecule has 3 heteroatoms. The molecule has 1 N–H and O–H groups in total. The lowest BCUT2D eigenvalue weighted by Crippen LogP contribution is -2.32. The van der Waals surface area contributed by atoms with Crippen molar-refractivity contribution in [2.45, 2.75) is 32.9 Å². The second-order valence-electron chi connectivity index (χ2n) is 3.45. The van der Waals surface area contributed by atoms with E-state index in [-0.39, 0.29) is 11.9 Å². The number of amides is 1. The molecule has 1 aromatic rings. The minimum absolute atomic E-state index is 0.112. The maximum atomic E-state index is 11.7. The van der Waals surface area contributed by atoms with Crippen molar-refractivity contribution in [3.63, 3.8) is 0 Å². The molecule has 0 aromatic carbocycles. The summed E-state index contributed by atoms with van der Waals surface area (Å²) < 4.78 is 1.93. The van der Waals surface area contributed by atoms with Gasteiger partial charge in [-0.15, -0.1) is 6.42 Å². The van der Waals surface area contributed by atoms with Crippen molar-refractivity contribution in [1.29, 1.82) is 0 Å². The van der Waals surface area contributed by atoms with Crippen LogP contribution in [-0.4, -0.2) is 16.5 Å². The zero-order valence-corrected chi connectivity index (χ0v) is 9.16. The molecule has 0 aliphatic rings. The summed E-state index contributed by atoms with van der Waals surface area (Å²) in [6.07, 6.45) is 8.10. The van der Waals surface area contributed by atoms with Crippen LogP contribution in [0.15, 0.2) is 18.3 Å². The first-order valence-corrected chi connectivity index (χ1v) is 5.11. The molecule has 0 aliphatic heterocycles. The molecule has 1 atom stereocenters. The zero-order chi connectivity index (χ0) is 11.3. The first-order chi connectivity index (χ1) is 7.19. The fraction of sp³-hybridized carbons (Fsp3) is 0.417. The first-order valence-electron chi connectivity index (χ1n) is 5.11. The van der Waals surface area contributed by atoms with E-state index in [4.69, 9.17) is 6.42 Å². The Morgan fingerprint density at radius 2 is 2.47 bits per heavy atom. The maximum absolute atomic E-state index is 11.7. The Morgan fingerprint density at radius 3 is 3.07 bits per heavy atom. The van der Waals surface area contributed by atoms with Crippen molar-refractivity contribution in [1.82, 2.24) is 9.88 Å². The third-order valence-corrected chi connectivity index (χ3v) is 2.12. The van der Waals surface area contributed by atoms with Gasteiger partial charge in [0.05, 0.1) is 6.04 Å². The van der Waals surface area contributed by atoms with Crippen LogP contribution in [-0.2, 0) is 6.54 Å². The van der Waals surface area contributed by atoms with Crippen LogP contribution in [0.3, 0.4) is 0 Å². The van der Waals surface area contributed by atoms with E-state index in [0.717, 1.165) is 13.0 Å². The van der Waals surface area contributed by atoms with Crippen LogP contribution in [0.4, 0.5) is 0 Å². The molecular weight excluding hydrogens is 188 g/mol. The molecule has 1 rings (SSSR count). The number of aromatic nitrogens is 1. The van der Waals surface area contributed by atoms with Crippen LogP contribution >= 0.6 is 0 Å². The molecule has 0 aliphatic carbocycles. The second-order valence-corrected chi connectivity index (χ2v) is 3.45. The number of terminal acetylenes is 1. The number of nitrogens with zero attached hydrogens (tertiary/aromatic N) is 1. The third-order valence-electron chi connectivity index (χ3n) is 2.12. The SMILES string of the molecule is C#CC(C)NC(=O)c1cccn1CCC. The smallest absolute Gasteiger partial charge is 0.268 e. The quantitative estimate of drug-likeness (QED) is 0.743. The Balaban J connectivity index is 2.73. The Bertz CT molecular complexity index is 373. The number of carbonyl (C=O) groups excluding carboxylic acids is 1. The zero-order valence-electron chi connectivity index (χ0n) is 9.16. The van der Waals surface area contributed by atoms with Gasteiger partial charge < -0.3 is 9.88 Å². The fourth-order valence-electron chi connectivity index (χ4n) is 1.37. The average Bonchev–Trinajstić information content (AvgIpc) is 2.66. The first kappa shape index (κ1) is 11.4. The van der Waals surface area contributed by atoms with Gasteiger partial charge in [0.25, 0.3) is 5.91 Å². The molecule has 80 valence electrons. The van der Waals surface area contributed by atoms with Gasteiger partial charge in [0, 0.05) is 12.7 Å². The van der Waals surface area contributed by atoms with E-state index >= 15 is 0 Å². The number of hydrogen-bond acceptors (Lipinski definition) is 1. The van der Waals surface area contributed by atoms with E-state index in [0.29, 0.717) is 5.69 Å². The van der Waals surface area contributed by atoms with Gasteiger partial charge in [-0.1, -0.05) is 12.8 Å². The van der Waals surface area contributed by atoms with E-state index in [2.05, 4.69) is 18.2 Å². The molecule has 1 aromatic heterocycles. The van der Waals surface area contributed by atoms with Crippen molar-refractivity contribution in [3.05, 3.63) is 24.0 Å². The largest absolute Gasteiger partial charge is 0.344 e. The Hall–Kier alpha value is -1.69. The highest BCUT2D eigenvalue weighted by Crippen LogP contribution is 2.03. The summed E-state index contributed by atoms with van der Waals surface area (Å²) in [5.41, 5.74) is 0.666. The molecule has 0 bridgehead atoms. The van der Waals surface area contributed by atoms with E-state index < -0.39 is 0 Å². The lowest BCUT2D eigenvalue weighted by Gasteiger charge is -2.10. The number of aryl methyl sites for hydroxylation is 1. The monoisotopic (exact) mass is 204 g/mol. The van der Waals surface area contributed by atoms with Gasteiger partial charge in [-0.3, -0.25) is 4.79 Å². The van der Waals surface area contributed by atoms with Gasteiger partial charge in [-0.05, 0) is 25.5 Å². The van der Waals surface area contributed by atoms with Crippen LogP contribution in [0.1, 0.15) is 30.8 Å². The summed E-state index contributed by atoms with van der Waals surface area (Å²) in [4.78, 5) is 11.7. The third kappa shape index (κ3) is 2.88. The van der Waals surface area contributed by atoms with Gasteiger partial charge in [-0.2, -0.15) is 0 Å². The normalized spacial score (nSPS) is 11.8. The van der Waals surface area contributed by atoms with Crippen molar-refractivity contribution in [2.75, 3.05) is 0 Å². The summed E-state index contributed by atoms with van der Waals surface area (Å²) in [6, 6.07) is 3.43. The summed E-state index contributed by atoms with van der Waals surface area (Å²) in [7, 11) is 0. The van der Waals surface area contributed by atoms with Crippen LogP contribution in [0.2, 0.25) is 0 Å². The van der Waals surface area contributed by atoms with Crippen molar-refractivity contribution < 1.29 is 4.79 Å². The fourth-order valence-corrected chi connectivity index (χ4v) is 1.37. The second kappa shape index (κ2) is 5.26.